The van der Waals surface area contributed by atoms with Gasteiger partial charge >= 0.3 is 0 Å². The molecular weight excluding hydrogens is 381 g/mol. The lowest BCUT2D eigenvalue weighted by Gasteiger charge is -2.48. The third-order valence-electron chi connectivity index (χ3n) is 5.30. The average molecular weight is 416 g/mol. The van der Waals surface area contributed by atoms with Gasteiger partial charge in [0.1, 0.15) is 0 Å². The second-order valence-electron chi connectivity index (χ2n) is 9.21. The van der Waals surface area contributed by atoms with Gasteiger partial charge in [0.2, 0.25) is 16.5 Å². The Labute approximate surface area is 174 Å². The lowest BCUT2D eigenvalue weighted by atomic mass is 9.72. The Morgan fingerprint density at radius 1 is 0.963 bits per heavy atom. The van der Waals surface area contributed by atoms with Crippen molar-refractivity contribution in [1.29, 1.82) is 0 Å². The zero-order valence-electron chi connectivity index (χ0n) is 17.4. The van der Waals surface area contributed by atoms with Crippen molar-refractivity contribution >= 4 is 29.2 Å². The Hall–Kier alpha value is -0.650. The van der Waals surface area contributed by atoms with Crippen LogP contribution in [-0.4, -0.2) is 32.1 Å². The smallest absolute Gasteiger partial charge is 0.228 e. The lowest BCUT2D eigenvalue weighted by molar-refractivity contribution is 0.114. The summed E-state index contributed by atoms with van der Waals surface area (Å²) in [6.07, 6.45) is 9.66. The van der Waals surface area contributed by atoms with Gasteiger partial charge in [0, 0.05) is 17.1 Å². The summed E-state index contributed by atoms with van der Waals surface area (Å²) in [5.74, 6) is 1.00. The van der Waals surface area contributed by atoms with Gasteiger partial charge in [0.25, 0.3) is 0 Å². The van der Waals surface area contributed by atoms with Crippen LogP contribution >= 0.6 is 23.2 Å². The van der Waals surface area contributed by atoms with Crippen LogP contribution in [0.4, 0.5) is 5.95 Å². The zero-order valence-corrected chi connectivity index (χ0v) is 18.9. The molecular formula is C20H35Cl2N5. The van der Waals surface area contributed by atoms with Crippen molar-refractivity contribution in [1.82, 2.24) is 20.3 Å². The first-order valence-electron chi connectivity index (χ1n) is 10.2. The monoisotopic (exact) mass is 415 g/mol. The van der Waals surface area contributed by atoms with E-state index in [0.29, 0.717) is 17.9 Å². The van der Waals surface area contributed by atoms with Crippen molar-refractivity contribution in [3.8, 4) is 0 Å². The first-order valence-corrected chi connectivity index (χ1v) is 11.0. The van der Waals surface area contributed by atoms with E-state index < -0.39 is 0 Å². The van der Waals surface area contributed by atoms with Crippen LogP contribution in [0.5, 0.6) is 0 Å². The molecule has 0 bridgehead atoms. The highest BCUT2D eigenvalue weighted by Gasteiger charge is 2.40. The second-order valence-corrected chi connectivity index (χ2v) is 9.89. The molecule has 1 fully saturated rings. The minimum atomic E-state index is 0.100. The summed E-state index contributed by atoms with van der Waals surface area (Å²) in [5.41, 5.74) is 0.200. The van der Waals surface area contributed by atoms with Crippen LogP contribution in [0.1, 0.15) is 86.0 Å². The molecule has 0 amide bonds. The molecule has 1 aromatic rings. The molecule has 2 rings (SSSR count). The number of hydrogen-bond acceptors (Lipinski definition) is 5. The van der Waals surface area contributed by atoms with Crippen molar-refractivity contribution < 1.29 is 0 Å². The lowest BCUT2D eigenvalue weighted by Crippen LogP contribution is -2.59. The van der Waals surface area contributed by atoms with E-state index in [1.54, 1.807) is 0 Å². The predicted octanol–water partition coefficient (Wildman–Crippen LogP) is 5.88. The van der Waals surface area contributed by atoms with Crippen molar-refractivity contribution in [2.45, 2.75) is 103 Å². The van der Waals surface area contributed by atoms with Crippen LogP contribution in [0.3, 0.4) is 0 Å². The van der Waals surface area contributed by atoms with Crippen LogP contribution in [0.25, 0.3) is 0 Å². The van der Waals surface area contributed by atoms with Crippen molar-refractivity contribution in [3.05, 3.63) is 10.6 Å². The molecule has 5 nitrogen and oxygen atoms in total. The first kappa shape index (κ1) is 22.6. The number of halogens is 2. The molecule has 2 N–H and O–H groups in total. The maximum absolute atomic E-state index is 5.97. The highest BCUT2D eigenvalue weighted by Crippen LogP contribution is 2.37. The summed E-state index contributed by atoms with van der Waals surface area (Å²) in [6.45, 7) is 11.4. The van der Waals surface area contributed by atoms with E-state index in [0.717, 1.165) is 19.3 Å². The molecule has 0 radical (unpaired) electrons. The highest BCUT2D eigenvalue weighted by molar-refractivity contribution is 6.31. The SMILES string of the molecule is CCCCCCCC(Nc1nc(Cl)nc(Cl)n1)C1CC(C)(C)NC(C)(C)C1. The number of aromatic nitrogens is 3. The Balaban J connectivity index is 2.12. The zero-order chi connectivity index (χ0) is 20.1. The van der Waals surface area contributed by atoms with Crippen molar-refractivity contribution in [3.63, 3.8) is 0 Å². The molecule has 0 aliphatic carbocycles. The quantitative estimate of drug-likeness (QED) is 0.493. The van der Waals surface area contributed by atoms with E-state index in [9.17, 15) is 0 Å². The number of unbranched alkanes of at least 4 members (excludes halogenated alkanes) is 4. The maximum Gasteiger partial charge on any atom is 0.228 e. The molecule has 154 valence electrons. The fourth-order valence-corrected chi connectivity index (χ4v) is 5.00. The fourth-order valence-electron chi connectivity index (χ4n) is 4.64. The summed E-state index contributed by atoms with van der Waals surface area (Å²) in [6, 6.07) is 0.293. The van der Waals surface area contributed by atoms with Crippen LogP contribution < -0.4 is 10.6 Å². The van der Waals surface area contributed by atoms with E-state index >= 15 is 0 Å². The standard InChI is InChI=1S/C20H35Cl2N5/c1-6-7-8-9-10-11-15(23-18-25-16(21)24-17(22)26-18)14-12-19(2,3)27-20(4,5)13-14/h14-15,27H,6-13H2,1-5H3,(H,23,24,25,26). The number of piperidine rings is 1. The van der Waals surface area contributed by atoms with Crippen LogP contribution in [0, 0.1) is 5.92 Å². The van der Waals surface area contributed by atoms with Crippen LogP contribution in [-0.2, 0) is 0 Å². The van der Waals surface area contributed by atoms with Crippen LogP contribution in [0.15, 0.2) is 0 Å². The molecule has 0 spiro atoms. The molecule has 1 aromatic heterocycles. The van der Waals surface area contributed by atoms with Gasteiger partial charge in [-0.1, -0.05) is 39.0 Å². The summed E-state index contributed by atoms with van der Waals surface area (Å²) in [5, 5.41) is 7.57. The fraction of sp³-hybridized carbons (Fsp3) is 0.850. The van der Waals surface area contributed by atoms with E-state index in [2.05, 4.69) is 60.2 Å². The second kappa shape index (κ2) is 9.71. The van der Waals surface area contributed by atoms with Crippen molar-refractivity contribution in [2.75, 3.05) is 5.32 Å². The maximum atomic E-state index is 5.97. The summed E-state index contributed by atoms with van der Waals surface area (Å²) >= 11 is 11.9. The summed E-state index contributed by atoms with van der Waals surface area (Å²) in [4.78, 5) is 12.3. The third kappa shape index (κ3) is 7.71. The molecule has 1 aliphatic heterocycles. The minimum Gasteiger partial charge on any atom is -0.351 e. The largest absolute Gasteiger partial charge is 0.351 e. The topological polar surface area (TPSA) is 62.7 Å². The Bertz CT molecular complexity index is 570. The number of anilines is 1. The van der Waals surface area contributed by atoms with E-state index in [-0.39, 0.29) is 21.6 Å². The molecule has 7 heteroatoms. The van der Waals surface area contributed by atoms with Gasteiger partial charge in [0.15, 0.2) is 0 Å². The van der Waals surface area contributed by atoms with Crippen LogP contribution in [0.2, 0.25) is 10.6 Å². The molecule has 1 unspecified atom stereocenters. The highest BCUT2D eigenvalue weighted by atomic mass is 35.5. The minimum absolute atomic E-state index is 0.100. The Kier molecular flexibility index (Phi) is 8.14. The number of nitrogens with one attached hydrogen (secondary N) is 2. The van der Waals surface area contributed by atoms with Gasteiger partial charge in [-0.2, -0.15) is 15.0 Å². The number of rotatable bonds is 9. The van der Waals surface area contributed by atoms with Gasteiger partial charge < -0.3 is 10.6 Å². The molecule has 0 saturated carbocycles. The normalized spacial score (nSPS) is 20.4. The Morgan fingerprint density at radius 2 is 1.52 bits per heavy atom. The Morgan fingerprint density at radius 3 is 2.07 bits per heavy atom. The molecule has 1 atom stereocenters. The van der Waals surface area contributed by atoms with Gasteiger partial charge in [-0.15, -0.1) is 0 Å². The van der Waals surface area contributed by atoms with Gasteiger partial charge in [-0.3, -0.25) is 0 Å². The molecule has 0 aromatic carbocycles. The predicted molar refractivity (Wildman–Crippen MR) is 115 cm³/mol. The molecule has 27 heavy (non-hydrogen) atoms. The van der Waals surface area contributed by atoms with E-state index in [4.69, 9.17) is 23.2 Å². The number of hydrogen-bond donors (Lipinski definition) is 2. The first-order chi connectivity index (χ1) is 12.6. The average Bonchev–Trinajstić information content (AvgIpc) is 2.49. The van der Waals surface area contributed by atoms with E-state index in [1.165, 1.54) is 32.1 Å². The molecule has 1 aliphatic rings. The van der Waals surface area contributed by atoms with Gasteiger partial charge in [-0.25, -0.2) is 0 Å². The van der Waals surface area contributed by atoms with Crippen molar-refractivity contribution in [2.24, 2.45) is 5.92 Å². The van der Waals surface area contributed by atoms with Gasteiger partial charge in [-0.05, 0) is 76.1 Å². The van der Waals surface area contributed by atoms with Gasteiger partial charge in [0.05, 0.1) is 0 Å². The molecule has 1 saturated heterocycles. The van der Waals surface area contributed by atoms with E-state index in [1.807, 2.05) is 0 Å². The summed E-state index contributed by atoms with van der Waals surface area (Å²) < 4.78 is 0. The number of nitrogens with zero attached hydrogens (tertiary/aromatic N) is 3. The summed E-state index contributed by atoms with van der Waals surface area (Å²) in [7, 11) is 0. The third-order valence-corrected chi connectivity index (χ3v) is 5.64. The molecule has 2 heterocycles.